The average molecular weight is 738 g/mol. The zero-order chi connectivity index (χ0) is 39.1. The molecule has 0 radical (unpaired) electrons. The van der Waals surface area contributed by atoms with E-state index >= 15 is 0 Å². The lowest BCUT2D eigenvalue weighted by molar-refractivity contribution is -0.173. The summed E-state index contributed by atoms with van der Waals surface area (Å²) in [4.78, 5) is 53.2. The highest BCUT2D eigenvalue weighted by atomic mass is 32.2. The maximum Gasteiger partial charge on any atom is 0.471 e. The van der Waals surface area contributed by atoms with E-state index in [2.05, 4.69) is 10.6 Å². The molecule has 3 atom stereocenters. The summed E-state index contributed by atoms with van der Waals surface area (Å²) in [6.07, 6.45) is -3.58. The average Bonchev–Trinajstić information content (AvgIpc) is 3.03. The fraction of sp³-hybridized carbons (Fsp3) is 0.500. The van der Waals surface area contributed by atoms with Crippen LogP contribution < -0.4 is 20.7 Å². The maximum atomic E-state index is 14.1. The van der Waals surface area contributed by atoms with Gasteiger partial charge in [0, 0.05) is 24.6 Å². The van der Waals surface area contributed by atoms with Gasteiger partial charge in [0.05, 0.1) is 17.0 Å². The number of hydrogen-bond acceptors (Lipinski definition) is 7. The van der Waals surface area contributed by atoms with Gasteiger partial charge in [-0.1, -0.05) is 97.0 Å². The lowest BCUT2D eigenvalue weighted by Gasteiger charge is -2.40. The number of hydrogen-bond donors (Lipinski definition) is 4. The van der Waals surface area contributed by atoms with E-state index in [1.165, 1.54) is 30.0 Å². The van der Waals surface area contributed by atoms with Gasteiger partial charge in [-0.2, -0.15) is 13.2 Å². The molecular formula is C36H50F3N5O6S. The van der Waals surface area contributed by atoms with E-state index in [0.717, 1.165) is 17.7 Å². The minimum atomic E-state index is -5.06. The third kappa shape index (κ3) is 11.4. The number of halogens is 3. The van der Waals surface area contributed by atoms with E-state index in [0.29, 0.717) is 0 Å². The highest BCUT2D eigenvalue weighted by Gasteiger charge is 2.42. The molecule has 0 saturated carbocycles. The number of alkyl halides is 3. The third-order valence-electron chi connectivity index (χ3n) is 8.62. The Labute approximate surface area is 298 Å². The van der Waals surface area contributed by atoms with E-state index in [1.54, 1.807) is 19.4 Å². The Bertz CT molecular complexity index is 1690. The molecule has 2 aromatic carbocycles. The molecule has 4 amide bonds. The van der Waals surface area contributed by atoms with Crippen molar-refractivity contribution in [2.75, 3.05) is 14.1 Å². The van der Waals surface area contributed by atoms with Crippen molar-refractivity contribution in [3.05, 3.63) is 77.4 Å². The van der Waals surface area contributed by atoms with Crippen molar-refractivity contribution in [1.82, 2.24) is 25.6 Å². The molecule has 0 aliphatic carbocycles. The Morgan fingerprint density at radius 2 is 1.43 bits per heavy atom. The molecule has 0 aromatic heterocycles. The van der Waals surface area contributed by atoms with Crippen molar-refractivity contribution in [3.63, 3.8) is 0 Å². The molecule has 0 spiro atoms. The molecule has 3 unspecified atom stereocenters. The summed E-state index contributed by atoms with van der Waals surface area (Å²) >= 11 is 0. The molecular weight excluding hydrogens is 687 g/mol. The minimum Gasteiger partial charge on any atom is -0.344 e. The van der Waals surface area contributed by atoms with Gasteiger partial charge in [0.2, 0.25) is 11.8 Å². The first kappa shape index (κ1) is 42.9. The Balaban J connectivity index is 2.26. The fourth-order valence-electron chi connectivity index (χ4n) is 5.49. The zero-order valence-electron chi connectivity index (χ0n) is 30.7. The molecule has 0 fully saturated rings. The van der Waals surface area contributed by atoms with E-state index < -0.39 is 69.4 Å². The number of nitrogens with one attached hydrogen (secondary N) is 4. The maximum absolute atomic E-state index is 14.1. The second-order valence-electron chi connectivity index (χ2n) is 14.4. The van der Waals surface area contributed by atoms with Gasteiger partial charge in [-0.25, -0.2) is 13.1 Å². The van der Waals surface area contributed by atoms with Crippen LogP contribution in [0, 0.1) is 11.3 Å². The third-order valence-corrected chi connectivity index (χ3v) is 9.96. The van der Waals surface area contributed by atoms with Crippen molar-refractivity contribution in [2.45, 2.75) is 96.5 Å². The van der Waals surface area contributed by atoms with Crippen molar-refractivity contribution in [2.24, 2.45) is 11.3 Å². The van der Waals surface area contributed by atoms with Gasteiger partial charge in [0.1, 0.15) is 6.04 Å². The highest BCUT2D eigenvalue weighted by Crippen LogP contribution is 2.29. The van der Waals surface area contributed by atoms with Crippen LogP contribution in [0.5, 0.6) is 0 Å². The summed E-state index contributed by atoms with van der Waals surface area (Å²) in [7, 11) is -1.16. The van der Waals surface area contributed by atoms with Crippen LogP contribution in [0.2, 0.25) is 0 Å². The quantitative estimate of drug-likeness (QED) is 0.212. The highest BCUT2D eigenvalue weighted by molar-refractivity contribution is 7.90. The Morgan fingerprint density at radius 3 is 1.90 bits per heavy atom. The van der Waals surface area contributed by atoms with Crippen LogP contribution in [0.25, 0.3) is 0 Å². The van der Waals surface area contributed by atoms with E-state index in [9.17, 15) is 40.8 Å². The lowest BCUT2D eigenvalue weighted by atomic mass is 9.76. The summed E-state index contributed by atoms with van der Waals surface area (Å²) in [6, 6.07) is 11.8. The van der Waals surface area contributed by atoms with Gasteiger partial charge in [-0.15, -0.1) is 0 Å². The van der Waals surface area contributed by atoms with Gasteiger partial charge >= 0.3 is 12.1 Å². The standard InChI is InChI=1S/C36H50F3N5O6S/c1-22(2)27(20-23(3)30(45)43-51(49,50)26-18-16-24(17-19-26)21-41-33(48)36(37,38)39)44(10)32(47)29(34(4,5)6)42-31(46)28(40-9)35(7,8)25-14-12-11-13-15-25/h11-20,22,27-29,40H,21H2,1-10H3,(H,41,48)(H,42,46)(H,43,45). The smallest absolute Gasteiger partial charge is 0.344 e. The van der Waals surface area contributed by atoms with E-state index in [4.69, 9.17) is 0 Å². The van der Waals surface area contributed by atoms with Crippen LogP contribution in [-0.2, 0) is 41.2 Å². The first-order chi connectivity index (χ1) is 23.3. The number of carbonyl (C=O) groups excluding carboxylic acids is 4. The van der Waals surface area contributed by atoms with Crippen LogP contribution in [0.4, 0.5) is 13.2 Å². The number of likely N-dealkylation sites (N-methyl/N-ethyl adjacent to an activating group) is 2. The topological polar surface area (TPSA) is 154 Å². The summed E-state index contributed by atoms with van der Waals surface area (Å²) in [5.41, 5.74) is -0.224. The summed E-state index contributed by atoms with van der Waals surface area (Å²) in [6.45, 7) is 13.9. The van der Waals surface area contributed by atoms with Gasteiger partial charge in [-0.05, 0) is 48.6 Å². The van der Waals surface area contributed by atoms with E-state index in [1.807, 2.05) is 83.5 Å². The van der Waals surface area contributed by atoms with Crippen LogP contribution in [0.15, 0.2) is 71.1 Å². The van der Waals surface area contributed by atoms with Gasteiger partial charge in [-0.3, -0.25) is 19.2 Å². The van der Waals surface area contributed by atoms with Crippen LogP contribution >= 0.6 is 0 Å². The molecule has 4 N–H and O–H groups in total. The molecule has 2 aromatic rings. The number of sulfonamides is 1. The fourth-order valence-corrected chi connectivity index (χ4v) is 6.51. The molecule has 0 aliphatic heterocycles. The second-order valence-corrected chi connectivity index (χ2v) is 16.1. The summed E-state index contributed by atoms with van der Waals surface area (Å²) < 4.78 is 65.3. The predicted octanol–water partition coefficient (Wildman–Crippen LogP) is 4.20. The first-order valence-electron chi connectivity index (χ1n) is 16.3. The Morgan fingerprint density at radius 1 is 0.882 bits per heavy atom. The van der Waals surface area contributed by atoms with Crippen molar-refractivity contribution in [3.8, 4) is 0 Å². The van der Waals surface area contributed by atoms with Crippen LogP contribution in [0.1, 0.15) is 66.5 Å². The van der Waals surface area contributed by atoms with Gasteiger partial charge in [0.15, 0.2) is 0 Å². The normalized spacial score (nSPS) is 14.7. The summed E-state index contributed by atoms with van der Waals surface area (Å²) in [5.74, 6) is -4.11. The minimum absolute atomic E-state index is 0.000361. The van der Waals surface area contributed by atoms with Crippen LogP contribution in [-0.4, -0.2) is 75.3 Å². The van der Waals surface area contributed by atoms with E-state index in [-0.39, 0.29) is 27.9 Å². The van der Waals surface area contributed by atoms with Gasteiger partial charge in [0.25, 0.3) is 15.9 Å². The zero-order valence-corrected chi connectivity index (χ0v) is 31.5. The number of rotatable bonds is 14. The molecule has 0 aliphatic rings. The predicted molar refractivity (Wildman–Crippen MR) is 189 cm³/mol. The molecule has 0 saturated heterocycles. The number of benzene rings is 2. The Hall–Kier alpha value is -4.24. The molecule has 0 bridgehead atoms. The molecule has 11 nitrogen and oxygen atoms in total. The Kier molecular flexibility index (Phi) is 14.2. The van der Waals surface area contributed by atoms with Crippen LogP contribution in [0.3, 0.4) is 0 Å². The van der Waals surface area contributed by atoms with Crippen molar-refractivity contribution < 1.29 is 40.8 Å². The second kappa shape index (κ2) is 16.9. The molecule has 2 rings (SSSR count). The first-order valence-corrected chi connectivity index (χ1v) is 17.8. The molecule has 0 heterocycles. The number of amides is 4. The molecule has 15 heteroatoms. The SMILES string of the molecule is CNC(C(=O)NC(C(=O)N(C)C(C=C(C)C(=O)NS(=O)(=O)c1ccc(CNC(=O)C(F)(F)F)cc1)C(C)C)C(C)(C)C)C(C)(C)c1ccccc1. The van der Waals surface area contributed by atoms with Gasteiger partial charge < -0.3 is 20.9 Å². The number of nitrogens with zero attached hydrogens (tertiary/aromatic N) is 1. The monoisotopic (exact) mass is 737 g/mol. The largest absolute Gasteiger partial charge is 0.471 e. The molecule has 282 valence electrons. The van der Waals surface area contributed by atoms with Crippen molar-refractivity contribution in [1.29, 1.82) is 0 Å². The van der Waals surface area contributed by atoms with Crippen molar-refractivity contribution >= 4 is 33.7 Å². The lowest BCUT2D eigenvalue weighted by Crippen LogP contribution is -2.61. The number of carbonyl (C=O) groups is 4. The summed E-state index contributed by atoms with van der Waals surface area (Å²) in [5, 5.41) is 7.76. The molecule has 51 heavy (non-hydrogen) atoms.